The summed E-state index contributed by atoms with van der Waals surface area (Å²) in [5.41, 5.74) is 2.16. The summed E-state index contributed by atoms with van der Waals surface area (Å²) in [5, 5.41) is 7.93. The average molecular weight is 282 g/mol. The van der Waals surface area contributed by atoms with Crippen LogP contribution in [0.25, 0.3) is 0 Å². The molecule has 5 nitrogen and oxygen atoms in total. The highest BCUT2D eigenvalue weighted by Gasteiger charge is 2.39. The van der Waals surface area contributed by atoms with E-state index in [-0.39, 0.29) is 16.7 Å². The minimum Gasteiger partial charge on any atom is -0.326 e. The largest absolute Gasteiger partial charge is 0.326 e. The molecule has 6 heteroatoms. The number of rotatable bonds is 3. The van der Waals surface area contributed by atoms with Gasteiger partial charge in [-0.15, -0.1) is 0 Å². The Morgan fingerprint density at radius 3 is 2.42 bits per heavy atom. The van der Waals surface area contributed by atoms with E-state index in [9.17, 15) is 13.2 Å². The van der Waals surface area contributed by atoms with E-state index in [2.05, 4.69) is 5.32 Å². The molecule has 1 amide bonds. The SMILES string of the molecule is Cc1cc(S(N)(=O)=O)cc(NC(=O)C2CC2C)c1C. The Balaban J connectivity index is 2.34. The molecule has 0 heterocycles. The standard InChI is InChI=1S/C13H18N2O3S/c1-7-4-10(19(14,17)18)6-12(9(7)3)15-13(16)11-5-8(11)2/h4,6,8,11H,5H2,1-3H3,(H,15,16)(H2,14,17,18). The first-order valence-corrected chi connectivity index (χ1v) is 7.69. The summed E-state index contributed by atoms with van der Waals surface area (Å²) in [4.78, 5) is 11.9. The van der Waals surface area contributed by atoms with Crippen LogP contribution in [0.1, 0.15) is 24.5 Å². The molecule has 3 N–H and O–H groups in total. The predicted octanol–water partition coefficient (Wildman–Crippen LogP) is 1.55. The molecule has 19 heavy (non-hydrogen) atoms. The number of nitrogens with one attached hydrogen (secondary N) is 1. The third kappa shape index (κ3) is 2.96. The maximum absolute atomic E-state index is 11.9. The molecule has 1 fully saturated rings. The van der Waals surface area contributed by atoms with Crippen molar-refractivity contribution in [1.29, 1.82) is 0 Å². The molecule has 2 rings (SSSR count). The van der Waals surface area contributed by atoms with Crippen LogP contribution >= 0.6 is 0 Å². The number of amides is 1. The Bertz CT molecular complexity index is 638. The van der Waals surface area contributed by atoms with Gasteiger partial charge < -0.3 is 5.32 Å². The van der Waals surface area contributed by atoms with Crippen molar-refractivity contribution in [3.63, 3.8) is 0 Å². The lowest BCUT2D eigenvalue weighted by atomic mass is 10.1. The zero-order valence-corrected chi connectivity index (χ0v) is 12.0. The number of benzene rings is 1. The van der Waals surface area contributed by atoms with Gasteiger partial charge in [-0.25, -0.2) is 13.6 Å². The minimum absolute atomic E-state index is 0.0229. The lowest BCUT2D eigenvalue weighted by molar-refractivity contribution is -0.117. The van der Waals surface area contributed by atoms with Gasteiger partial charge in [0.25, 0.3) is 0 Å². The number of aryl methyl sites for hydroxylation is 1. The first-order chi connectivity index (χ1) is 8.70. The first kappa shape index (κ1) is 14.0. The third-order valence-electron chi connectivity index (χ3n) is 3.67. The van der Waals surface area contributed by atoms with Gasteiger partial charge in [-0.05, 0) is 49.4 Å². The molecular weight excluding hydrogens is 264 g/mol. The van der Waals surface area contributed by atoms with Crippen molar-refractivity contribution in [2.45, 2.75) is 32.1 Å². The predicted molar refractivity (Wildman–Crippen MR) is 73.2 cm³/mol. The molecule has 1 aliphatic rings. The van der Waals surface area contributed by atoms with Crippen molar-refractivity contribution < 1.29 is 13.2 Å². The van der Waals surface area contributed by atoms with E-state index < -0.39 is 10.0 Å². The van der Waals surface area contributed by atoms with E-state index in [0.29, 0.717) is 11.6 Å². The molecule has 0 aliphatic heterocycles. The van der Waals surface area contributed by atoms with Gasteiger partial charge in [0.2, 0.25) is 15.9 Å². The second kappa shape index (κ2) is 4.61. The molecule has 0 saturated heterocycles. The number of carbonyl (C=O) groups excluding carboxylic acids is 1. The minimum atomic E-state index is -3.77. The molecule has 1 aromatic carbocycles. The van der Waals surface area contributed by atoms with Gasteiger partial charge in [-0.1, -0.05) is 6.92 Å². The Morgan fingerprint density at radius 1 is 1.37 bits per heavy atom. The Kier molecular flexibility index (Phi) is 3.40. The Morgan fingerprint density at radius 2 is 1.95 bits per heavy atom. The van der Waals surface area contributed by atoms with Crippen LogP contribution in [-0.4, -0.2) is 14.3 Å². The monoisotopic (exact) mass is 282 g/mol. The van der Waals surface area contributed by atoms with Crippen LogP contribution in [0.15, 0.2) is 17.0 Å². The summed E-state index contributed by atoms with van der Waals surface area (Å²) in [5.74, 6) is 0.391. The summed E-state index contributed by atoms with van der Waals surface area (Å²) in [7, 11) is -3.77. The number of sulfonamides is 1. The lowest BCUT2D eigenvalue weighted by Crippen LogP contribution is -2.17. The van der Waals surface area contributed by atoms with Crippen LogP contribution in [-0.2, 0) is 14.8 Å². The van der Waals surface area contributed by atoms with E-state index in [4.69, 9.17) is 5.14 Å². The summed E-state index contributed by atoms with van der Waals surface area (Å²) in [6.07, 6.45) is 0.888. The quantitative estimate of drug-likeness (QED) is 0.881. The summed E-state index contributed by atoms with van der Waals surface area (Å²) < 4.78 is 22.8. The lowest BCUT2D eigenvalue weighted by Gasteiger charge is -2.12. The van der Waals surface area contributed by atoms with Gasteiger partial charge in [0.05, 0.1) is 4.90 Å². The molecule has 2 atom stereocenters. The highest BCUT2D eigenvalue weighted by molar-refractivity contribution is 7.89. The van der Waals surface area contributed by atoms with Crippen molar-refractivity contribution in [2.24, 2.45) is 17.0 Å². The van der Waals surface area contributed by atoms with Crippen molar-refractivity contribution in [3.8, 4) is 0 Å². The van der Waals surface area contributed by atoms with Crippen LogP contribution < -0.4 is 10.5 Å². The van der Waals surface area contributed by atoms with Gasteiger partial charge in [-0.3, -0.25) is 4.79 Å². The number of carbonyl (C=O) groups is 1. The van der Waals surface area contributed by atoms with Gasteiger partial charge >= 0.3 is 0 Å². The highest BCUT2D eigenvalue weighted by atomic mass is 32.2. The molecule has 2 unspecified atom stereocenters. The topological polar surface area (TPSA) is 89.3 Å². The van der Waals surface area contributed by atoms with E-state index in [0.717, 1.165) is 17.5 Å². The van der Waals surface area contributed by atoms with E-state index in [1.807, 2.05) is 13.8 Å². The van der Waals surface area contributed by atoms with E-state index in [1.54, 1.807) is 6.92 Å². The van der Waals surface area contributed by atoms with Crippen LogP contribution in [0.4, 0.5) is 5.69 Å². The van der Waals surface area contributed by atoms with Crippen molar-refractivity contribution in [1.82, 2.24) is 0 Å². The molecule has 0 radical (unpaired) electrons. The smallest absolute Gasteiger partial charge is 0.238 e. The first-order valence-electron chi connectivity index (χ1n) is 6.15. The normalized spacial score (nSPS) is 22.1. The number of primary sulfonamides is 1. The molecule has 1 aliphatic carbocycles. The van der Waals surface area contributed by atoms with Gasteiger partial charge in [0.1, 0.15) is 0 Å². The van der Waals surface area contributed by atoms with Crippen LogP contribution in [0, 0.1) is 25.7 Å². The van der Waals surface area contributed by atoms with Crippen molar-refractivity contribution >= 4 is 21.6 Å². The van der Waals surface area contributed by atoms with Crippen LogP contribution in [0.5, 0.6) is 0 Å². The molecule has 1 aromatic rings. The van der Waals surface area contributed by atoms with Crippen LogP contribution in [0.2, 0.25) is 0 Å². The maximum Gasteiger partial charge on any atom is 0.238 e. The van der Waals surface area contributed by atoms with E-state index >= 15 is 0 Å². The molecule has 0 aromatic heterocycles. The average Bonchev–Trinajstić information content (AvgIpc) is 3.00. The molecule has 1 saturated carbocycles. The number of anilines is 1. The fraction of sp³-hybridized carbons (Fsp3) is 0.462. The zero-order chi connectivity index (χ0) is 14.4. The molecule has 0 bridgehead atoms. The van der Waals surface area contributed by atoms with E-state index in [1.165, 1.54) is 12.1 Å². The highest BCUT2D eigenvalue weighted by Crippen LogP contribution is 2.38. The second-order valence-corrected chi connectivity index (χ2v) is 6.83. The van der Waals surface area contributed by atoms with Crippen LogP contribution in [0.3, 0.4) is 0 Å². The molecule has 104 valence electrons. The van der Waals surface area contributed by atoms with Crippen molar-refractivity contribution in [2.75, 3.05) is 5.32 Å². The fourth-order valence-corrected chi connectivity index (χ4v) is 2.66. The molecule has 0 spiro atoms. The maximum atomic E-state index is 11.9. The molecular formula is C13H18N2O3S. The fourth-order valence-electron chi connectivity index (χ4n) is 2.03. The van der Waals surface area contributed by atoms with Gasteiger partial charge in [0.15, 0.2) is 0 Å². The number of hydrogen-bond donors (Lipinski definition) is 2. The Hall–Kier alpha value is -1.40. The number of hydrogen-bond acceptors (Lipinski definition) is 3. The summed E-state index contributed by atoms with van der Waals surface area (Å²) >= 11 is 0. The summed E-state index contributed by atoms with van der Waals surface area (Å²) in [6.45, 7) is 5.65. The van der Waals surface area contributed by atoms with Gasteiger partial charge in [0, 0.05) is 11.6 Å². The van der Waals surface area contributed by atoms with Gasteiger partial charge in [-0.2, -0.15) is 0 Å². The van der Waals surface area contributed by atoms with Crippen molar-refractivity contribution in [3.05, 3.63) is 23.3 Å². The second-order valence-electron chi connectivity index (χ2n) is 5.27. The third-order valence-corrected chi connectivity index (χ3v) is 4.57. The number of nitrogens with two attached hydrogens (primary N) is 1. The Labute approximate surface area is 113 Å². The summed E-state index contributed by atoms with van der Waals surface area (Å²) in [6, 6.07) is 2.93. The zero-order valence-electron chi connectivity index (χ0n) is 11.2.